The molecule has 0 fully saturated rings. The lowest BCUT2D eigenvalue weighted by atomic mass is 10.2. The van der Waals surface area contributed by atoms with Gasteiger partial charge in [-0.2, -0.15) is 0 Å². The zero-order valence-electron chi connectivity index (χ0n) is 12.3. The number of carbonyl (C=O) groups excluding carboxylic acids is 1. The molecule has 0 spiro atoms. The first-order chi connectivity index (χ1) is 10.5. The number of urea groups is 1. The van der Waals surface area contributed by atoms with Crippen LogP contribution in [0.1, 0.15) is 11.1 Å². The second kappa shape index (κ2) is 6.66. The van der Waals surface area contributed by atoms with Gasteiger partial charge in [-0.25, -0.2) is 4.79 Å². The van der Waals surface area contributed by atoms with Gasteiger partial charge in [0.05, 0.1) is 4.92 Å². The first-order valence-corrected chi connectivity index (χ1v) is 6.63. The Labute approximate surface area is 127 Å². The largest absolute Gasteiger partial charge is 0.323 e. The van der Waals surface area contributed by atoms with Crippen molar-refractivity contribution in [3.63, 3.8) is 0 Å². The number of pyridine rings is 1. The van der Waals surface area contributed by atoms with E-state index in [2.05, 4.69) is 10.3 Å². The number of carbonyl (C=O) groups is 1. The Morgan fingerprint density at radius 3 is 2.82 bits per heavy atom. The van der Waals surface area contributed by atoms with E-state index in [1.165, 1.54) is 17.0 Å². The van der Waals surface area contributed by atoms with Gasteiger partial charge in [0.25, 0.3) is 5.69 Å². The second-order valence-electron chi connectivity index (χ2n) is 4.93. The maximum absolute atomic E-state index is 12.1. The molecule has 0 aliphatic heterocycles. The van der Waals surface area contributed by atoms with Crippen LogP contribution in [-0.2, 0) is 6.54 Å². The number of amides is 2. The Kier molecular flexibility index (Phi) is 4.67. The molecule has 0 radical (unpaired) electrons. The van der Waals surface area contributed by atoms with E-state index in [0.717, 1.165) is 11.1 Å². The van der Waals surface area contributed by atoms with Crippen LogP contribution in [-0.4, -0.2) is 27.9 Å². The average molecular weight is 300 g/mol. The lowest BCUT2D eigenvalue weighted by Gasteiger charge is -2.18. The highest BCUT2D eigenvalue weighted by atomic mass is 16.6. The van der Waals surface area contributed by atoms with Crippen molar-refractivity contribution in [2.24, 2.45) is 0 Å². The van der Waals surface area contributed by atoms with E-state index in [1.54, 1.807) is 38.5 Å². The predicted molar refractivity (Wildman–Crippen MR) is 82.6 cm³/mol. The number of nitro benzene ring substituents is 1. The standard InChI is InChI=1S/C15H16N4O3/c1-11-5-6-13(14(8-11)19(21)22)17-15(20)18(2)10-12-4-3-7-16-9-12/h3-9H,10H2,1-2H3,(H,17,20). The fourth-order valence-electron chi connectivity index (χ4n) is 1.95. The molecule has 2 amide bonds. The van der Waals surface area contributed by atoms with Crippen LogP contribution < -0.4 is 5.32 Å². The molecule has 2 rings (SSSR count). The second-order valence-corrected chi connectivity index (χ2v) is 4.93. The number of nitro groups is 1. The SMILES string of the molecule is Cc1ccc(NC(=O)N(C)Cc2cccnc2)c([N+](=O)[O-])c1. The molecule has 7 nitrogen and oxygen atoms in total. The summed E-state index contributed by atoms with van der Waals surface area (Å²) >= 11 is 0. The molecule has 0 aliphatic carbocycles. The van der Waals surface area contributed by atoms with E-state index in [1.807, 2.05) is 6.07 Å². The van der Waals surface area contributed by atoms with Crippen molar-refractivity contribution in [1.29, 1.82) is 0 Å². The molecule has 1 aromatic carbocycles. The van der Waals surface area contributed by atoms with Crippen LogP contribution in [0, 0.1) is 17.0 Å². The number of benzene rings is 1. The molecule has 114 valence electrons. The van der Waals surface area contributed by atoms with Gasteiger partial charge < -0.3 is 10.2 Å². The van der Waals surface area contributed by atoms with Crippen LogP contribution in [0.2, 0.25) is 0 Å². The van der Waals surface area contributed by atoms with Crippen LogP contribution in [0.15, 0.2) is 42.7 Å². The monoisotopic (exact) mass is 300 g/mol. The molecule has 7 heteroatoms. The minimum absolute atomic E-state index is 0.122. The highest BCUT2D eigenvalue weighted by Crippen LogP contribution is 2.25. The van der Waals surface area contributed by atoms with Gasteiger partial charge in [-0.1, -0.05) is 12.1 Å². The highest BCUT2D eigenvalue weighted by Gasteiger charge is 2.17. The summed E-state index contributed by atoms with van der Waals surface area (Å²) in [6, 6.07) is 7.89. The van der Waals surface area contributed by atoms with E-state index in [4.69, 9.17) is 0 Å². The Bertz CT molecular complexity index is 688. The minimum Gasteiger partial charge on any atom is -0.323 e. The number of rotatable bonds is 4. The number of aryl methyl sites for hydroxylation is 1. The fraction of sp³-hybridized carbons (Fsp3) is 0.200. The third kappa shape index (κ3) is 3.78. The summed E-state index contributed by atoms with van der Waals surface area (Å²) in [4.78, 5) is 28.1. The van der Waals surface area contributed by atoms with Crippen molar-refractivity contribution < 1.29 is 9.72 Å². The van der Waals surface area contributed by atoms with Crippen LogP contribution in [0.3, 0.4) is 0 Å². The van der Waals surface area contributed by atoms with Crippen LogP contribution >= 0.6 is 0 Å². The maximum Gasteiger partial charge on any atom is 0.322 e. The van der Waals surface area contributed by atoms with Gasteiger partial charge in [0.2, 0.25) is 0 Å². The molecule has 0 unspecified atom stereocenters. The number of anilines is 1. The first-order valence-electron chi connectivity index (χ1n) is 6.63. The topological polar surface area (TPSA) is 88.4 Å². The number of hydrogen-bond acceptors (Lipinski definition) is 4. The summed E-state index contributed by atoms with van der Waals surface area (Å²) < 4.78 is 0. The molecule has 0 atom stereocenters. The average Bonchev–Trinajstić information content (AvgIpc) is 2.49. The van der Waals surface area contributed by atoms with Crippen LogP contribution in [0.5, 0.6) is 0 Å². The summed E-state index contributed by atoms with van der Waals surface area (Å²) in [5, 5.41) is 13.6. The van der Waals surface area contributed by atoms with E-state index in [-0.39, 0.29) is 11.4 Å². The molecular formula is C15H16N4O3. The van der Waals surface area contributed by atoms with Crippen molar-refractivity contribution in [1.82, 2.24) is 9.88 Å². The lowest BCUT2D eigenvalue weighted by Crippen LogP contribution is -2.31. The zero-order chi connectivity index (χ0) is 16.1. The van der Waals surface area contributed by atoms with Crippen LogP contribution in [0.4, 0.5) is 16.2 Å². The van der Waals surface area contributed by atoms with Gasteiger partial charge in [-0.05, 0) is 30.2 Å². The molecule has 0 bridgehead atoms. The summed E-state index contributed by atoms with van der Waals surface area (Å²) in [5.74, 6) is 0. The Hall–Kier alpha value is -2.96. The summed E-state index contributed by atoms with van der Waals surface area (Å²) in [6.45, 7) is 2.12. The van der Waals surface area contributed by atoms with Crippen molar-refractivity contribution in [2.45, 2.75) is 13.5 Å². The molecule has 0 saturated heterocycles. The predicted octanol–water partition coefficient (Wildman–Crippen LogP) is 2.96. The van der Waals surface area contributed by atoms with E-state index < -0.39 is 11.0 Å². The van der Waals surface area contributed by atoms with Crippen molar-refractivity contribution in [3.8, 4) is 0 Å². The lowest BCUT2D eigenvalue weighted by molar-refractivity contribution is -0.384. The van der Waals surface area contributed by atoms with Gasteiger partial charge >= 0.3 is 6.03 Å². The summed E-state index contributed by atoms with van der Waals surface area (Å²) in [6.07, 6.45) is 3.32. The molecular weight excluding hydrogens is 284 g/mol. The van der Waals surface area contributed by atoms with Crippen molar-refractivity contribution >= 4 is 17.4 Å². The van der Waals surface area contributed by atoms with Gasteiger partial charge in [-0.15, -0.1) is 0 Å². The number of aromatic nitrogens is 1. The molecule has 22 heavy (non-hydrogen) atoms. The Balaban J connectivity index is 2.10. The van der Waals surface area contributed by atoms with E-state index in [9.17, 15) is 14.9 Å². The quantitative estimate of drug-likeness (QED) is 0.694. The summed E-state index contributed by atoms with van der Waals surface area (Å²) in [5.41, 5.74) is 1.69. The van der Waals surface area contributed by atoms with Gasteiger partial charge in [0.15, 0.2) is 0 Å². The van der Waals surface area contributed by atoms with Crippen LogP contribution in [0.25, 0.3) is 0 Å². The molecule has 0 aliphatic rings. The third-order valence-corrected chi connectivity index (χ3v) is 3.08. The zero-order valence-corrected chi connectivity index (χ0v) is 12.3. The van der Waals surface area contributed by atoms with Gasteiger partial charge in [0, 0.05) is 32.1 Å². The summed E-state index contributed by atoms with van der Waals surface area (Å²) in [7, 11) is 1.61. The van der Waals surface area contributed by atoms with Gasteiger partial charge in [-0.3, -0.25) is 15.1 Å². The van der Waals surface area contributed by atoms with Gasteiger partial charge in [0.1, 0.15) is 5.69 Å². The smallest absolute Gasteiger partial charge is 0.322 e. The Morgan fingerprint density at radius 1 is 1.41 bits per heavy atom. The third-order valence-electron chi connectivity index (χ3n) is 3.08. The maximum atomic E-state index is 12.1. The number of nitrogens with one attached hydrogen (secondary N) is 1. The molecule has 1 aromatic heterocycles. The molecule has 1 N–H and O–H groups in total. The van der Waals surface area contributed by atoms with Crippen molar-refractivity contribution in [3.05, 3.63) is 64.0 Å². The normalized spacial score (nSPS) is 10.1. The number of nitrogens with zero attached hydrogens (tertiary/aromatic N) is 3. The Morgan fingerprint density at radius 2 is 2.18 bits per heavy atom. The number of hydrogen-bond donors (Lipinski definition) is 1. The molecule has 1 heterocycles. The molecule has 2 aromatic rings. The molecule has 0 saturated carbocycles. The van der Waals surface area contributed by atoms with E-state index >= 15 is 0 Å². The minimum atomic E-state index is -0.510. The van der Waals surface area contributed by atoms with E-state index in [0.29, 0.717) is 6.54 Å². The first kappa shape index (κ1) is 15.4. The highest BCUT2D eigenvalue weighted by molar-refractivity contribution is 5.91. The fourth-order valence-corrected chi connectivity index (χ4v) is 1.95. The van der Waals surface area contributed by atoms with Crippen molar-refractivity contribution in [2.75, 3.05) is 12.4 Å².